The van der Waals surface area contributed by atoms with Crippen LogP contribution in [-0.2, 0) is 20.1 Å². The van der Waals surface area contributed by atoms with E-state index in [0.717, 1.165) is 23.8 Å². The maximum absolute atomic E-state index is 5.08. The molecular weight excluding hydrogens is 230 g/mol. The Kier molecular flexibility index (Phi) is 3.88. The molecule has 2 rings (SSSR count). The van der Waals surface area contributed by atoms with Gasteiger partial charge in [-0.15, -0.1) is 10.2 Å². The van der Waals surface area contributed by atoms with Crippen molar-refractivity contribution < 1.29 is 4.74 Å². The summed E-state index contributed by atoms with van der Waals surface area (Å²) in [5.74, 6) is 2.47. The van der Waals surface area contributed by atoms with Crippen LogP contribution in [0.25, 0.3) is 0 Å². The summed E-state index contributed by atoms with van der Waals surface area (Å²) in [6.45, 7) is 3.36. The standard InChI is InChI=1S/C12H17N5O/c1-9-15-16-11(17(9)2)8-13-7-10-4-5-14-12(6-10)18-3/h4-6,13H,7-8H2,1-3H3. The van der Waals surface area contributed by atoms with Crippen LogP contribution >= 0.6 is 0 Å². The minimum absolute atomic E-state index is 0.629. The zero-order chi connectivity index (χ0) is 13.0. The molecule has 6 heteroatoms. The largest absolute Gasteiger partial charge is 0.481 e. The molecule has 0 aliphatic heterocycles. The van der Waals surface area contributed by atoms with Crippen molar-refractivity contribution in [2.75, 3.05) is 7.11 Å². The number of aryl methyl sites for hydroxylation is 1. The maximum atomic E-state index is 5.08. The van der Waals surface area contributed by atoms with E-state index in [1.165, 1.54) is 0 Å². The first-order chi connectivity index (χ1) is 8.70. The highest BCUT2D eigenvalue weighted by molar-refractivity contribution is 5.20. The Morgan fingerprint density at radius 2 is 2.17 bits per heavy atom. The topological polar surface area (TPSA) is 64.9 Å². The average Bonchev–Trinajstić information content (AvgIpc) is 2.71. The summed E-state index contributed by atoms with van der Waals surface area (Å²) < 4.78 is 7.05. The van der Waals surface area contributed by atoms with E-state index in [4.69, 9.17) is 4.74 Å². The number of rotatable bonds is 5. The second kappa shape index (κ2) is 5.59. The number of ether oxygens (including phenoxy) is 1. The summed E-state index contributed by atoms with van der Waals surface area (Å²) >= 11 is 0. The Morgan fingerprint density at radius 3 is 2.83 bits per heavy atom. The molecule has 0 radical (unpaired) electrons. The highest BCUT2D eigenvalue weighted by Crippen LogP contribution is 2.08. The van der Waals surface area contributed by atoms with Crippen molar-refractivity contribution in [3.05, 3.63) is 35.5 Å². The van der Waals surface area contributed by atoms with Crippen molar-refractivity contribution in [1.82, 2.24) is 25.1 Å². The zero-order valence-electron chi connectivity index (χ0n) is 10.8. The molecule has 0 fully saturated rings. The van der Waals surface area contributed by atoms with Crippen molar-refractivity contribution in [2.45, 2.75) is 20.0 Å². The lowest BCUT2D eigenvalue weighted by Crippen LogP contribution is -2.16. The number of methoxy groups -OCH3 is 1. The van der Waals surface area contributed by atoms with E-state index in [9.17, 15) is 0 Å². The molecule has 2 aromatic heterocycles. The molecule has 1 N–H and O–H groups in total. The lowest BCUT2D eigenvalue weighted by molar-refractivity contribution is 0.397. The Hall–Kier alpha value is -1.95. The molecule has 0 saturated heterocycles. The maximum Gasteiger partial charge on any atom is 0.213 e. The fourth-order valence-electron chi connectivity index (χ4n) is 1.60. The van der Waals surface area contributed by atoms with Crippen LogP contribution in [0.5, 0.6) is 5.88 Å². The van der Waals surface area contributed by atoms with Crippen LogP contribution in [0.2, 0.25) is 0 Å². The minimum Gasteiger partial charge on any atom is -0.481 e. The van der Waals surface area contributed by atoms with Gasteiger partial charge in [-0.1, -0.05) is 0 Å². The summed E-state index contributed by atoms with van der Waals surface area (Å²) in [7, 11) is 3.57. The van der Waals surface area contributed by atoms with E-state index in [-0.39, 0.29) is 0 Å². The molecule has 0 spiro atoms. The van der Waals surface area contributed by atoms with Crippen LogP contribution in [-0.4, -0.2) is 26.9 Å². The number of hydrogen-bond donors (Lipinski definition) is 1. The lowest BCUT2D eigenvalue weighted by atomic mass is 10.2. The third kappa shape index (κ3) is 2.84. The molecule has 2 heterocycles. The molecule has 0 saturated carbocycles. The van der Waals surface area contributed by atoms with Crippen LogP contribution in [0.15, 0.2) is 18.3 Å². The van der Waals surface area contributed by atoms with Gasteiger partial charge >= 0.3 is 0 Å². The minimum atomic E-state index is 0.629. The highest BCUT2D eigenvalue weighted by atomic mass is 16.5. The number of nitrogens with one attached hydrogen (secondary N) is 1. The molecular formula is C12H17N5O. The smallest absolute Gasteiger partial charge is 0.213 e. The number of nitrogens with zero attached hydrogens (tertiary/aromatic N) is 4. The van der Waals surface area contributed by atoms with Gasteiger partial charge in [0.2, 0.25) is 5.88 Å². The van der Waals surface area contributed by atoms with Gasteiger partial charge < -0.3 is 14.6 Å². The van der Waals surface area contributed by atoms with Gasteiger partial charge in [0.1, 0.15) is 11.6 Å². The molecule has 0 aliphatic carbocycles. The van der Waals surface area contributed by atoms with Crippen molar-refractivity contribution in [3.63, 3.8) is 0 Å². The fraction of sp³-hybridized carbons (Fsp3) is 0.417. The normalized spacial score (nSPS) is 10.6. The van der Waals surface area contributed by atoms with E-state index in [1.807, 2.05) is 30.7 Å². The molecule has 2 aromatic rings. The zero-order valence-corrected chi connectivity index (χ0v) is 10.8. The molecule has 6 nitrogen and oxygen atoms in total. The summed E-state index contributed by atoms with van der Waals surface area (Å²) in [6, 6.07) is 3.87. The monoisotopic (exact) mass is 247 g/mol. The van der Waals surface area contributed by atoms with E-state index < -0.39 is 0 Å². The van der Waals surface area contributed by atoms with Crippen LogP contribution in [0, 0.1) is 6.92 Å². The van der Waals surface area contributed by atoms with Gasteiger partial charge in [0, 0.05) is 25.9 Å². The Labute approximate surface area is 106 Å². The molecule has 0 bridgehead atoms. The number of hydrogen-bond acceptors (Lipinski definition) is 5. The van der Waals surface area contributed by atoms with Gasteiger partial charge in [-0.3, -0.25) is 0 Å². The average molecular weight is 247 g/mol. The summed E-state index contributed by atoms with van der Waals surface area (Å²) in [6.07, 6.45) is 1.74. The van der Waals surface area contributed by atoms with E-state index in [1.54, 1.807) is 13.3 Å². The first-order valence-electron chi connectivity index (χ1n) is 5.75. The second-order valence-electron chi connectivity index (χ2n) is 4.03. The van der Waals surface area contributed by atoms with E-state index >= 15 is 0 Å². The first kappa shape index (κ1) is 12.5. The quantitative estimate of drug-likeness (QED) is 0.847. The van der Waals surface area contributed by atoms with Crippen LogP contribution in [0.4, 0.5) is 0 Å². The second-order valence-corrected chi connectivity index (χ2v) is 4.03. The third-order valence-electron chi connectivity index (χ3n) is 2.80. The van der Waals surface area contributed by atoms with Gasteiger partial charge in [0.25, 0.3) is 0 Å². The van der Waals surface area contributed by atoms with Gasteiger partial charge in [0.15, 0.2) is 0 Å². The molecule has 96 valence electrons. The predicted molar refractivity (Wildman–Crippen MR) is 67.1 cm³/mol. The molecule has 0 atom stereocenters. The van der Waals surface area contributed by atoms with Crippen molar-refractivity contribution >= 4 is 0 Å². The number of pyridine rings is 1. The van der Waals surface area contributed by atoms with Crippen molar-refractivity contribution in [3.8, 4) is 5.88 Å². The van der Waals surface area contributed by atoms with Gasteiger partial charge in [0.05, 0.1) is 13.7 Å². The summed E-state index contributed by atoms with van der Waals surface area (Å²) in [4.78, 5) is 4.07. The van der Waals surface area contributed by atoms with Crippen LogP contribution < -0.4 is 10.1 Å². The summed E-state index contributed by atoms with van der Waals surface area (Å²) in [5, 5.41) is 11.4. The molecule has 0 aromatic carbocycles. The van der Waals surface area contributed by atoms with Gasteiger partial charge in [-0.25, -0.2) is 4.98 Å². The van der Waals surface area contributed by atoms with E-state index in [0.29, 0.717) is 12.4 Å². The van der Waals surface area contributed by atoms with E-state index in [2.05, 4.69) is 20.5 Å². The Morgan fingerprint density at radius 1 is 1.33 bits per heavy atom. The van der Waals surface area contributed by atoms with Gasteiger partial charge in [-0.05, 0) is 18.6 Å². The molecule has 18 heavy (non-hydrogen) atoms. The number of aromatic nitrogens is 4. The summed E-state index contributed by atoms with van der Waals surface area (Å²) in [5.41, 5.74) is 1.13. The Balaban J connectivity index is 1.90. The lowest BCUT2D eigenvalue weighted by Gasteiger charge is -2.06. The van der Waals surface area contributed by atoms with Crippen LogP contribution in [0.1, 0.15) is 17.2 Å². The van der Waals surface area contributed by atoms with Crippen molar-refractivity contribution in [2.24, 2.45) is 7.05 Å². The predicted octanol–water partition coefficient (Wildman–Crippen LogP) is 0.817. The van der Waals surface area contributed by atoms with Crippen molar-refractivity contribution in [1.29, 1.82) is 0 Å². The third-order valence-corrected chi connectivity index (χ3v) is 2.80. The molecule has 0 unspecified atom stereocenters. The fourth-order valence-corrected chi connectivity index (χ4v) is 1.60. The van der Waals surface area contributed by atoms with Gasteiger partial charge in [-0.2, -0.15) is 0 Å². The molecule has 0 amide bonds. The van der Waals surface area contributed by atoms with Crippen LogP contribution in [0.3, 0.4) is 0 Å². The first-order valence-corrected chi connectivity index (χ1v) is 5.75. The Bertz CT molecular complexity index is 523. The molecule has 0 aliphatic rings. The highest BCUT2D eigenvalue weighted by Gasteiger charge is 2.04. The SMILES string of the molecule is COc1cc(CNCc2nnc(C)n2C)ccn1.